The van der Waals surface area contributed by atoms with Crippen molar-refractivity contribution in [1.82, 2.24) is 0 Å². The van der Waals surface area contributed by atoms with Crippen molar-refractivity contribution < 1.29 is 29.5 Å². The van der Waals surface area contributed by atoms with Gasteiger partial charge in [-0.15, -0.1) is 23.5 Å². The molecule has 0 spiro atoms. The Morgan fingerprint density at radius 3 is 2.09 bits per heavy atom. The van der Waals surface area contributed by atoms with Crippen LogP contribution in [-0.2, 0) is 0 Å². The topological polar surface area (TPSA) is 88.4 Å². The molecule has 0 aromatic heterocycles. The van der Waals surface area contributed by atoms with Crippen LogP contribution in [0.3, 0.4) is 0 Å². The lowest BCUT2D eigenvalue weighted by Gasteiger charge is -2.34. The van der Waals surface area contributed by atoms with E-state index in [1.807, 2.05) is 0 Å². The fourth-order valence-corrected chi connectivity index (χ4v) is 4.84. The first-order valence-electron chi connectivity index (χ1n) is 6.64. The third-order valence-electron chi connectivity index (χ3n) is 3.34. The van der Waals surface area contributed by atoms with Crippen LogP contribution in [0.2, 0.25) is 0 Å². The van der Waals surface area contributed by atoms with Crippen LogP contribution in [0.1, 0.15) is 0 Å². The fourth-order valence-electron chi connectivity index (χ4n) is 2.14. The van der Waals surface area contributed by atoms with Gasteiger partial charge in [-0.1, -0.05) is 0 Å². The Bertz CT molecular complexity index is 487. The van der Waals surface area contributed by atoms with Gasteiger partial charge < -0.3 is 29.5 Å². The fraction of sp³-hybridized carbons (Fsp3) is 0.571. The molecular weight excluding hydrogens is 328 g/mol. The van der Waals surface area contributed by atoms with Crippen LogP contribution in [0.15, 0.2) is 17.0 Å². The number of methoxy groups -OCH3 is 3. The Labute approximate surface area is 137 Å². The third-order valence-corrected chi connectivity index (χ3v) is 6.20. The predicted molar refractivity (Wildman–Crippen MR) is 86.2 cm³/mol. The van der Waals surface area contributed by atoms with Crippen molar-refractivity contribution in [2.24, 2.45) is 0 Å². The maximum Gasteiger partial charge on any atom is 0.203 e. The van der Waals surface area contributed by atoms with Gasteiger partial charge in [-0.25, -0.2) is 0 Å². The maximum atomic E-state index is 10.1. The molecule has 6 nitrogen and oxygen atoms in total. The molecule has 1 aliphatic rings. The van der Waals surface area contributed by atoms with Gasteiger partial charge in [-0.05, 0) is 12.1 Å². The summed E-state index contributed by atoms with van der Waals surface area (Å²) < 4.78 is 15.6. The van der Waals surface area contributed by atoms with Gasteiger partial charge in [0.05, 0.1) is 32.0 Å². The van der Waals surface area contributed by atoms with Crippen LogP contribution >= 0.6 is 23.5 Å². The van der Waals surface area contributed by atoms with Crippen molar-refractivity contribution in [1.29, 1.82) is 0 Å². The zero-order chi connectivity index (χ0) is 16.3. The minimum absolute atomic E-state index is 0.291. The minimum Gasteiger partial charge on any atom is -0.493 e. The molecule has 1 heterocycles. The highest BCUT2D eigenvalue weighted by molar-refractivity contribution is 8.17. The van der Waals surface area contributed by atoms with Gasteiger partial charge in [0.25, 0.3) is 0 Å². The summed E-state index contributed by atoms with van der Waals surface area (Å²) in [5.74, 6) is 1.93. The highest BCUT2D eigenvalue weighted by Gasteiger charge is 2.37. The van der Waals surface area contributed by atoms with Crippen molar-refractivity contribution >= 4 is 23.5 Å². The van der Waals surface area contributed by atoms with E-state index in [1.165, 1.54) is 44.9 Å². The normalized spacial score (nSPS) is 28.3. The number of hydrogen-bond acceptors (Lipinski definition) is 8. The zero-order valence-electron chi connectivity index (χ0n) is 12.6. The second-order valence-corrected chi connectivity index (χ2v) is 7.42. The smallest absolute Gasteiger partial charge is 0.203 e. The summed E-state index contributed by atoms with van der Waals surface area (Å²) in [5.41, 5.74) is 0. The number of aliphatic hydroxyl groups is 3. The molecule has 0 aliphatic carbocycles. The molecule has 1 aliphatic heterocycles. The first-order valence-corrected chi connectivity index (χ1v) is 8.57. The lowest BCUT2D eigenvalue weighted by Crippen LogP contribution is -2.47. The summed E-state index contributed by atoms with van der Waals surface area (Å²) in [6.07, 6.45) is -3.06. The summed E-state index contributed by atoms with van der Waals surface area (Å²) in [7, 11) is 4.61. The van der Waals surface area contributed by atoms with Gasteiger partial charge in [-0.2, -0.15) is 0 Å². The van der Waals surface area contributed by atoms with Crippen molar-refractivity contribution in [2.75, 3.05) is 27.1 Å². The standard InChI is InChI=1S/C14H20O6S2/c1-18-9-4-7(5-10(19-2)13(9)20-3)22-14-12(17)11(16)8(15)6-21-14/h4-5,8,11-12,14-17H,6H2,1-3H3/t8-,11+,12-,14+/m1/s1. The van der Waals surface area contributed by atoms with Crippen LogP contribution in [-0.4, -0.2) is 65.3 Å². The van der Waals surface area contributed by atoms with E-state index in [-0.39, 0.29) is 4.58 Å². The van der Waals surface area contributed by atoms with E-state index >= 15 is 0 Å². The van der Waals surface area contributed by atoms with E-state index in [0.29, 0.717) is 23.0 Å². The molecule has 4 atom stereocenters. The summed E-state index contributed by atoms with van der Waals surface area (Å²) in [5, 5.41) is 29.4. The van der Waals surface area contributed by atoms with Crippen molar-refractivity contribution in [3.05, 3.63) is 12.1 Å². The summed E-state index contributed by atoms with van der Waals surface area (Å²) in [6, 6.07) is 3.58. The quantitative estimate of drug-likeness (QED) is 0.725. The van der Waals surface area contributed by atoms with Gasteiger partial charge in [0.15, 0.2) is 11.5 Å². The molecule has 0 saturated carbocycles. The number of thioether (sulfide) groups is 2. The van der Waals surface area contributed by atoms with Gasteiger partial charge in [0.2, 0.25) is 5.75 Å². The largest absolute Gasteiger partial charge is 0.493 e. The number of ether oxygens (including phenoxy) is 3. The van der Waals surface area contributed by atoms with Crippen LogP contribution in [0.5, 0.6) is 17.2 Å². The molecule has 1 fully saturated rings. The molecule has 124 valence electrons. The second kappa shape index (κ2) is 7.65. The predicted octanol–water partition coefficient (Wildman–Crippen LogP) is 0.960. The van der Waals surface area contributed by atoms with E-state index in [0.717, 1.165) is 4.90 Å². The molecule has 0 amide bonds. The van der Waals surface area contributed by atoms with Crippen LogP contribution < -0.4 is 14.2 Å². The Morgan fingerprint density at radius 1 is 1.00 bits per heavy atom. The molecular formula is C14H20O6S2. The van der Waals surface area contributed by atoms with Crippen molar-refractivity contribution in [3.63, 3.8) is 0 Å². The number of rotatable bonds is 5. The molecule has 8 heteroatoms. The van der Waals surface area contributed by atoms with Gasteiger partial charge in [0, 0.05) is 10.6 Å². The minimum atomic E-state index is -1.14. The van der Waals surface area contributed by atoms with E-state index < -0.39 is 18.3 Å². The number of hydrogen-bond donors (Lipinski definition) is 3. The summed E-state index contributed by atoms with van der Waals surface area (Å²) in [6.45, 7) is 0. The van der Waals surface area contributed by atoms with Gasteiger partial charge >= 0.3 is 0 Å². The second-order valence-electron chi connectivity index (χ2n) is 4.73. The van der Waals surface area contributed by atoms with E-state index in [9.17, 15) is 15.3 Å². The average molecular weight is 348 g/mol. The molecule has 0 unspecified atom stereocenters. The number of benzene rings is 1. The molecule has 22 heavy (non-hydrogen) atoms. The zero-order valence-corrected chi connectivity index (χ0v) is 14.2. The monoisotopic (exact) mass is 348 g/mol. The molecule has 2 rings (SSSR count). The highest BCUT2D eigenvalue weighted by atomic mass is 32.2. The average Bonchev–Trinajstić information content (AvgIpc) is 2.54. The van der Waals surface area contributed by atoms with E-state index in [1.54, 1.807) is 12.1 Å². The van der Waals surface area contributed by atoms with Crippen LogP contribution in [0.25, 0.3) is 0 Å². The van der Waals surface area contributed by atoms with Crippen molar-refractivity contribution in [3.8, 4) is 17.2 Å². The lowest BCUT2D eigenvalue weighted by molar-refractivity contribution is -0.0474. The third kappa shape index (κ3) is 3.57. The maximum absolute atomic E-state index is 10.1. The molecule has 1 aromatic carbocycles. The Hall–Kier alpha value is -0.800. The molecule has 1 aromatic rings. The first-order chi connectivity index (χ1) is 10.5. The van der Waals surface area contributed by atoms with Crippen LogP contribution in [0, 0.1) is 0 Å². The SMILES string of the molecule is COc1cc(S[C@@H]2SC[C@@H](O)[C@H](O)[C@H]2O)cc(OC)c1OC. The Morgan fingerprint density at radius 2 is 1.59 bits per heavy atom. The van der Waals surface area contributed by atoms with Gasteiger partial charge in [-0.3, -0.25) is 0 Å². The molecule has 0 bridgehead atoms. The van der Waals surface area contributed by atoms with E-state index in [4.69, 9.17) is 14.2 Å². The summed E-state index contributed by atoms with van der Waals surface area (Å²) >= 11 is 2.79. The highest BCUT2D eigenvalue weighted by Crippen LogP contribution is 2.45. The number of aliphatic hydroxyl groups excluding tert-OH is 3. The Kier molecular flexibility index (Phi) is 6.10. The molecule has 0 radical (unpaired) electrons. The van der Waals surface area contributed by atoms with E-state index in [2.05, 4.69) is 0 Å². The van der Waals surface area contributed by atoms with Crippen molar-refractivity contribution in [2.45, 2.75) is 27.8 Å². The lowest BCUT2D eigenvalue weighted by atomic mass is 10.1. The summed E-state index contributed by atoms with van der Waals surface area (Å²) in [4.78, 5) is 0.814. The molecule has 3 N–H and O–H groups in total. The Balaban J connectivity index is 2.22. The van der Waals surface area contributed by atoms with Gasteiger partial charge in [0.1, 0.15) is 12.2 Å². The molecule has 1 saturated heterocycles. The first kappa shape index (κ1) is 17.6. The van der Waals surface area contributed by atoms with Crippen LogP contribution in [0.4, 0.5) is 0 Å².